The quantitative estimate of drug-likeness (QED) is 0.208. The van der Waals surface area contributed by atoms with Gasteiger partial charge in [0.2, 0.25) is 5.88 Å². The number of hydrogen-bond acceptors (Lipinski definition) is 4. The number of nitriles is 2. The second-order valence-corrected chi connectivity index (χ2v) is 8.54. The van der Waals surface area contributed by atoms with Crippen LogP contribution in [0.4, 0.5) is 5.69 Å². The minimum Gasteiger partial charge on any atom is -0.439 e. The Morgan fingerprint density at radius 2 is 1.75 bits per heavy atom. The van der Waals surface area contributed by atoms with Gasteiger partial charge >= 0.3 is 0 Å². The minimum atomic E-state index is -0.171. The number of anilines is 1. The Morgan fingerprint density at radius 1 is 1.03 bits per heavy atom. The minimum absolute atomic E-state index is 0.171. The lowest BCUT2D eigenvalue weighted by Gasteiger charge is -2.18. The smallest absolute Gasteiger partial charge is 0.270 e. The van der Waals surface area contributed by atoms with Gasteiger partial charge in [-0.1, -0.05) is 65.7 Å². The monoisotopic (exact) mass is 488 g/mol. The lowest BCUT2D eigenvalue weighted by atomic mass is 9.96. The Hall–Kier alpha value is -4.76. The summed E-state index contributed by atoms with van der Waals surface area (Å²) in [6, 6.07) is 26.9. The fraction of sp³-hybridized carbons (Fsp3) is 0.100. The van der Waals surface area contributed by atoms with Crippen LogP contribution < -0.4 is 9.64 Å². The van der Waals surface area contributed by atoms with E-state index in [0.29, 0.717) is 23.0 Å². The molecule has 0 aliphatic carbocycles. The van der Waals surface area contributed by atoms with Crippen LogP contribution in [0, 0.1) is 36.2 Å². The van der Waals surface area contributed by atoms with E-state index >= 15 is 0 Å². The number of hydrogen-bond donors (Lipinski definition) is 0. The van der Waals surface area contributed by atoms with Gasteiger partial charge in [-0.15, -0.1) is 0 Å². The first-order valence-electron chi connectivity index (χ1n) is 11.2. The van der Waals surface area contributed by atoms with E-state index in [1.54, 1.807) is 36.4 Å². The van der Waals surface area contributed by atoms with Crippen molar-refractivity contribution in [2.24, 2.45) is 0 Å². The van der Waals surface area contributed by atoms with E-state index in [9.17, 15) is 10.5 Å². The van der Waals surface area contributed by atoms with Crippen LogP contribution in [-0.2, 0) is 6.42 Å². The second kappa shape index (κ2) is 11.1. The van der Waals surface area contributed by atoms with E-state index in [-0.39, 0.29) is 16.8 Å². The van der Waals surface area contributed by atoms with Crippen molar-refractivity contribution in [1.82, 2.24) is 0 Å². The highest BCUT2D eigenvalue weighted by Gasteiger charge is 2.25. The zero-order valence-corrected chi connectivity index (χ0v) is 20.3. The molecule has 3 aromatic carbocycles. The zero-order valence-electron chi connectivity index (χ0n) is 19.6. The molecule has 0 unspecified atom stereocenters. The van der Waals surface area contributed by atoms with Crippen LogP contribution in [0.25, 0.3) is 10.4 Å². The maximum Gasteiger partial charge on any atom is 0.270 e. The summed E-state index contributed by atoms with van der Waals surface area (Å²) >= 11 is 6.01. The van der Waals surface area contributed by atoms with Crippen LogP contribution in [0.5, 0.6) is 5.75 Å². The van der Waals surface area contributed by atoms with E-state index in [1.165, 1.54) is 11.1 Å². The molecule has 36 heavy (non-hydrogen) atoms. The van der Waals surface area contributed by atoms with Crippen molar-refractivity contribution in [3.05, 3.63) is 135 Å². The molecule has 0 saturated carbocycles. The second-order valence-electron chi connectivity index (χ2n) is 8.11. The van der Waals surface area contributed by atoms with Crippen molar-refractivity contribution in [2.45, 2.75) is 13.3 Å². The van der Waals surface area contributed by atoms with Crippen LogP contribution in [0.15, 0.2) is 102 Å². The van der Waals surface area contributed by atoms with Gasteiger partial charge < -0.3 is 9.64 Å². The summed E-state index contributed by atoms with van der Waals surface area (Å²) in [4.78, 5) is 5.41. The third-order valence-corrected chi connectivity index (χ3v) is 6.00. The molecule has 0 bridgehead atoms. The average Bonchev–Trinajstić information content (AvgIpc) is 3.26. The Labute approximate surface area is 215 Å². The summed E-state index contributed by atoms with van der Waals surface area (Å²) in [6.07, 6.45) is 4.10. The lowest BCUT2D eigenvalue weighted by molar-refractivity contribution is 0.438. The largest absolute Gasteiger partial charge is 0.439 e. The maximum absolute atomic E-state index is 9.97. The molecule has 0 amide bonds. The van der Waals surface area contributed by atoms with Gasteiger partial charge in [-0.2, -0.15) is 5.26 Å². The number of rotatable bonds is 6. The van der Waals surface area contributed by atoms with Crippen LogP contribution in [-0.4, -0.2) is 6.54 Å². The van der Waals surface area contributed by atoms with Crippen molar-refractivity contribution in [3.63, 3.8) is 0 Å². The summed E-state index contributed by atoms with van der Waals surface area (Å²) in [5.41, 5.74) is 4.18. The molecule has 6 heteroatoms. The molecule has 3 aromatic rings. The van der Waals surface area contributed by atoms with Crippen LogP contribution >= 0.6 is 11.6 Å². The summed E-state index contributed by atoms with van der Waals surface area (Å²) in [5, 5.41) is 20.0. The number of fused-ring (bicyclic) bond motifs is 1. The van der Waals surface area contributed by atoms with Gasteiger partial charge in [0, 0.05) is 23.2 Å². The molecule has 0 fully saturated rings. The molecule has 5 nitrogen and oxygen atoms in total. The first-order chi connectivity index (χ1) is 17.5. The molecule has 1 aliphatic heterocycles. The number of halogens is 1. The molecular weight excluding hydrogens is 468 g/mol. The number of aryl methyl sites for hydroxylation is 1. The Balaban J connectivity index is 1.71. The summed E-state index contributed by atoms with van der Waals surface area (Å²) in [5.74, 6) is 1.29. The van der Waals surface area contributed by atoms with E-state index in [4.69, 9.17) is 22.9 Å². The lowest BCUT2D eigenvalue weighted by Crippen LogP contribution is -2.23. The van der Waals surface area contributed by atoms with Gasteiger partial charge in [-0.3, -0.25) is 0 Å². The van der Waals surface area contributed by atoms with Crippen LogP contribution in [0.1, 0.15) is 16.7 Å². The number of allylic oxidation sites excluding steroid dienone is 5. The third-order valence-electron chi connectivity index (χ3n) is 5.75. The molecule has 0 N–H and O–H groups in total. The van der Waals surface area contributed by atoms with Crippen LogP contribution in [0.2, 0.25) is 5.02 Å². The first-order valence-corrected chi connectivity index (χ1v) is 11.6. The predicted octanol–water partition coefficient (Wildman–Crippen LogP) is 7.24. The normalized spacial score (nSPS) is 14.2. The number of para-hydroxylation sites is 2. The van der Waals surface area contributed by atoms with Crippen molar-refractivity contribution in [3.8, 4) is 17.9 Å². The standard InChI is InChI=1S/C30H21ClN4O/c1-21-7-9-22(10-8-21)17-18-35-27-5-3-4-6-28(27)36-29(35)16-13-24(19-32)30(26(20-33)34-2)23-11-14-25(31)15-12-23/h3-16H,17-18H2,1H3/b24-13+,29-16-,30-26+. The first kappa shape index (κ1) is 24.4. The molecule has 174 valence electrons. The van der Waals surface area contributed by atoms with E-state index in [0.717, 1.165) is 17.9 Å². The maximum atomic E-state index is 9.97. The Morgan fingerprint density at radius 3 is 2.42 bits per heavy atom. The summed E-state index contributed by atoms with van der Waals surface area (Å²) in [7, 11) is 0. The molecular formula is C30H21ClN4O. The van der Waals surface area contributed by atoms with Crippen molar-refractivity contribution < 1.29 is 4.74 Å². The van der Waals surface area contributed by atoms with E-state index in [1.807, 2.05) is 30.3 Å². The Kier molecular flexibility index (Phi) is 7.52. The molecule has 4 rings (SSSR count). The number of benzene rings is 3. The van der Waals surface area contributed by atoms with Crippen molar-refractivity contribution in [2.75, 3.05) is 11.4 Å². The average molecular weight is 489 g/mol. The highest BCUT2D eigenvalue weighted by Crippen LogP contribution is 2.39. The van der Waals surface area contributed by atoms with Gasteiger partial charge in [0.25, 0.3) is 5.70 Å². The third kappa shape index (κ3) is 5.31. The van der Waals surface area contributed by atoms with Crippen molar-refractivity contribution >= 4 is 22.9 Å². The van der Waals surface area contributed by atoms with Gasteiger partial charge in [0.1, 0.15) is 0 Å². The van der Waals surface area contributed by atoms with Gasteiger partial charge in [0.05, 0.1) is 30.0 Å². The van der Waals surface area contributed by atoms with E-state index in [2.05, 4.69) is 47.0 Å². The highest BCUT2D eigenvalue weighted by atomic mass is 35.5. The van der Waals surface area contributed by atoms with Crippen molar-refractivity contribution in [1.29, 1.82) is 10.5 Å². The molecule has 0 saturated heterocycles. The Bertz CT molecular complexity index is 1480. The topological polar surface area (TPSA) is 64.4 Å². The van der Waals surface area contributed by atoms with Gasteiger partial charge in [-0.25, -0.2) is 10.1 Å². The fourth-order valence-electron chi connectivity index (χ4n) is 3.91. The molecule has 0 atom stereocenters. The molecule has 0 aromatic heterocycles. The van der Waals surface area contributed by atoms with E-state index < -0.39 is 0 Å². The van der Waals surface area contributed by atoms with Gasteiger partial charge in [0.15, 0.2) is 5.75 Å². The number of ether oxygens (including phenoxy) is 1. The SMILES string of the molecule is [C-]#[N+]/C(C#N)=C(/C(C#N)=C/C=C1\Oc2ccccc2N1CCc1ccc(C)cc1)c1ccc(Cl)cc1. The predicted molar refractivity (Wildman–Crippen MR) is 142 cm³/mol. The highest BCUT2D eigenvalue weighted by molar-refractivity contribution is 6.30. The fourth-order valence-corrected chi connectivity index (χ4v) is 4.03. The molecule has 1 heterocycles. The zero-order chi connectivity index (χ0) is 25.5. The molecule has 1 aliphatic rings. The number of nitrogens with zero attached hydrogens (tertiary/aromatic N) is 4. The summed E-state index contributed by atoms with van der Waals surface area (Å²) in [6.45, 7) is 10.2. The molecule has 0 spiro atoms. The molecule has 0 radical (unpaired) electrons. The van der Waals surface area contributed by atoms with Gasteiger partial charge in [-0.05, 0) is 54.8 Å². The van der Waals surface area contributed by atoms with Crippen LogP contribution in [0.3, 0.4) is 0 Å². The summed E-state index contributed by atoms with van der Waals surface area (Å²) < 4.78 is 6.11.